The molecule has 4 atom stereocenters. The molecule has 3 aromatic carbocycles. The topological polar surface area (TPSA) is 264 Å². The molecule has 0 spiro atoms. The van der Waals surface area contributed by atoms with E-state index in [1.54, 1.807) is 50.4 Å². The van der Waals surface area contributed by atoms with E-state index in [-0.39, 0.29) is 81.8 Å². The van der Waals surface area contributed by atoms with Gasteiger partial charge in [-0.15, -0.1) is 0 Å². The van der Waals surface area contributed by atoms with Crippen LogP contribution in [0.4, 0.5) is 10.6 Å². The first kappa shape index (κ1) is 54.9. The third-order valence-electron chi connectivity index (χ3n) is 11.7. The number of aliphatic hydroxyl groups is 1. The predicted molar refractivity (Wildman–Crippen MR) is 274 cm³/mol. The zero-order chi connectivity index (χ0) is 51.4. The van der Waals surface area contributed by atoms with Gasteiger partial charge in [0, 0.05) is 48.9 Å². The van der Waals surface area contributed by atoms with E-state index in [1.807, 2.05) is 37.3 Å². The van der Waals surface area contributed by atoms with Crippen molar-refractivity contribution in [1.82, 2.24) is 30.2 Å². The number of fused-ring (bicyclic) bond motifs is 4. The first-order valence-corrected chi connectivity index (χ1v) is 28.1. The standard InChI is InChI=1S/C50H59N8O12PS2/c1-2-3-22-52-43(60)19-20-45(61)65-23-9-26-72-73-27-10-25-68-71(64,67-24-8-21-51)70-41-28-44(69-42(41)30-59)58-33-56-46-47(54-32-55-48(46)58)57-49(62)35-17-15-34(16-18-35)29-53-50(63)66-31-40-38-13-6-4-11-36(38)37-12-5-7-14-39(37)40/h4-7,11-18,32-33,40-42,44,59H,2-3,8-10,19-20,22-31H2,1H3,(H,52,60)(H,53,63)(H,54,55,57,62)/t41?,42-,44-,71?/m1/s1. The highest BCUT2D eigenvalue weighted by Gasteiger charge is 2.43. The van der Waals surface area contributed by atoms with Crippen LogP contribution >= 0.6 is 29.4 Å². The fourth-order valence-corrected chi connectivity index (χ4v) is 11.6. The number of aliphatic hydroxyl groups excluding tert-OH is 1. The number of alkyl carbamates (subject to hydrolysis) is 1. The van der Waals surface area contributed by atoms with Gasteiger partial charge in [0.1, 0.15) is 31.4 Å². The van der Waals surface area contributed by atoms with Crippen molar-refractivity contribution in [2.45, 2.75) is 89.2 Å². The number of hydrogen-bond acceptors (Lipinski definition) is 18. The lowest BCUT2D eigenvalue weighted by Crippen LogP contribution is -2.27. The number of rotatable bonds is 29. The number of carbonyl (C=O) groups excluding carboxylic acids is 4. The van der Waals surface area contributed by atoms with E-state index in [0.29, 0.717) is 36.3 Å². The number of ether oxygens (including phenoxy) is 3. The molecule has 1 fully saturated rings. The molecule has 7 rings (SSSR count). The summed E-state index contributed by atoms with van der Waals surface area (Å²) >= 11 is 0. The van der Waals surface area contributed by atoms with Gasteiger partial charge in [-0.1, -0.05) is 95.6 Å². The van der Waals surface area contributed by atoms with Gasteiger partial charge in [0.15, 0.2) is 17.0 Å². The third-order valence-corrected chi connectivity index (χ3v) is 15.8. The fourth-order valence-electron chi connectivity index (χ4n) is 8.04. The summed E-state index contributed by atoms with van der Waals surface area (Å²) in [6.45, 7) is 2.59. The van der Waals surface area contributed by atoms with Crippen LogP contribution in [0, 0.1) is 11.3 Å². The largest absolute Gasteiger partial charge is 0.475 e. The summed E-state index contributed by atoms with van der Waals surface area (Å²) in [5, 5.41) is 27.7. The summed E-state index contributed by atoms with van der Waals surface area (Å²) < 4.78 is 49.6. The Morgan fingerprint density at radius 2 is 1.59 bits per heavy atom. The van der Waals surface area contributed by atoms with Gasteiger partial charge in [-0.2, -0.15) is 5.26 Å². The minimum Gasteiger partial charge on any atom is -0.466 e. The van der Waals surface area contributed by atoms with Gasteiger partial charge in [0.25, 0.3) is 5.91 Å². The molecule has 0 bridgehead atoms. The molecule has 2 unspecified atom stereocenters. The molecule has 0 saturated carbocycles. The van der Waals surface area contributed by atoms with Crippen LogP contribution in [0.3, 0.4) is 0 Å². The second kappa shape index (κ2) is 28.0. The lowest BCUT2D eigenvalue weighted by Gasteiger charge is -2.23. The van der Waals surface area contributed by atoms with Crippen LogP contribution < -0.4 is 16.0 Å². The molecule has 5 aromatic rings. The molecule has 1 saturated heterocycles. The number of nitrogens with zero attached hydrogens (tertiary/aromatic N) is 5. The van der Waals surface area contributed by atoms with Gasteiger partial charge >= 0.3 is 19.9 Å². The Bertz CT molecular complexity index is 2700. The SMILES string of the molecule is CCCCNC(=O)CCC(=O)OCCCSSCCCOP(=O)(OCCC#N)OC1C[C@H](n2cnc3c(NC(=O)c4ccc(CNC(=O)OCC5c6ccccc6-c6ccccc65)cc4)ncnc32)O[C@@H]1CO. The smallest absolute Gasteiger partial charge is 0.466 e. The summed E-state index contributed by atoms with van der Waals surface area (Å²) in [6.07, 6.45) is 2.63. The van der Waals surface area contributed by atoms with E-state index in [2.05, 4.69) is 55.2 Å². The van der Waals surface area contributed by atoms with E-state index in [0.717, 1.165) is 46.4 Å². The van der Waals surface area contributed by atoms with Crippen LogP contribution in [-0.4, -0.2) is 112 Å². The highest BCUT2D eigenvalue weighted by atomic mass is 33.1. The highest BCUT2D eigenvalue weighted by Crippen LogP contribution is 2.53. The van der Waals surface area contributed by atoms with Crippen LogP contribution in [0.15, 0.2) is 85.5 Å². The average Bonchev–Trinajstić information content (AvgIpc) is 4.11. The number of imidazole rings is 1. The zero-order valence-electron chi connectivity index (χ0n) is 40.4. The van der Waals surface area contributed by atoms with E-state index in [4.69, 9.17) is 33.0 Å². The molecular formula is C50H59N8O12PS2. The minimum atomic E-state index is -4.24. The molecule has 4 N–H and O–H groups in total. The molecule has 2 aromatic heterocycles. The van der Waals surface area contributed by atoms with Gasteiger partial charge in [-0.05, 0) is 59.2 Å². The van der Waals surface area contributed by atoms with Crippen molar-refractivity contribution in [3.8, 4) is 17.2 Å². The number of phosphoric ester groups is 1. The number of carbonyl (C=O) groups is 4. The maximum absolute atomic E-state index is 13.9. The number of phosphoric acid groups is 1. The number of aromatic nitrogens is 4. The molecule has 1 aliphatic heterocycles. The Balaban J connectivity index is 0.843. The summed E-state index contributed by atoms with van der Waals surface area (Å²) in [5.41, 5.74) is 6.18. The van der Waals surface area contributed by atoms with Crippen LogP contribution in [0.2, 0.25) is 0 Å². The third kappa shape index (κ3) is 15.6. The molecule has 73 heavy (non-hydrogen) atoms. The summed E-state index contributed by atoms with van der Waals surface area (Å²) in [4.78, 5) is 63.0. The number of hydrogen-bond donors (Lipinski definition) is 4. The molecular weight excluding hydrogens is 1000 g/mol. The number of amides is 3. The molecule has 3 heterocycles. The zero-order valence-corrected chi connectivity index (χ0v) is 42.9. The number of nitriles is 1. The maximum atomic E-state index is 13.9. The van der Waals surface area contributed by atoms with Crippen molar-refractivity contribution in [2.75, 3.05) is 56.4 Å². The second-order valence-electron chi connectivity index (χ2n) is 16.9. The van der Waals surface area contributed by atoms with Gasteiger partial charge in [0.2, 0.25) is 5.91 Å². The van der Waals surface area contributed by atoms with Crippen LogP contribution in [0.5, 0.6) is 0 Å². The Morgan fingerprint density at radius 3 is 2.30 bits per heavy atom. The van der Waals surface area contributed by atoms with Crippen LogP contribution in [0.25, 0.3) is 22.3 Å². The Labute approximate surface area is 431 Å². The van der Waals surface area contributed by atoms with Crippen molar-refractivity contribution < 1.29 is 56.6 Å². The van der Waals surface area contributed by atoms with Crippen LogP contribution in [0.1, 0.15) is 97.5 Å². The first-order valence-electron chi connectivity index (χ1n) is 24.1. The molecule has 0 radical (unpaired) electrons. The van der Waals surface area contributed by atoms with E-state index in [9.17, 15) is 28.8 Å². The molecule has 23 heteroatoms. The number of esters is 1. The monoisotopic (exact) mass is 1060 g/mol. The molecule has 1 aliphatic carbocycles. The minimum absolute atomic E-state index is 0.0183. The molecule has 388 valence electrons. The second-order valence-corrected chi connectivity index (χ2v) is 21.2. The quantitative estimate of drug-likeness (QED) is 0.0152. The van der Waals surface area contributed by atoms with E-state index in [1.165, 1.54) is 12.7 Å². The summed E-state index contributed by atoms with van der Waals surface area (Å²) in [6, 6.07) is 24.9. The van der Waals surface area contributed by atoms with Crippen molar-refractivity contribution in [3.63, 3.8) is 0 Å². The van der Waals surface area contributed by atoms with Gasteiger partial charge in [-0.25, -0.2) is 24.3 Å². The Kier molecular flexibility index (Phi) is 21.0. The average molecular weight is 1060 g/mol. The lowest BCUT2D eigenvalue weighted by molar-refractivity contribution is -0.145. The van der Waals surface area contributed by atoms with Crippen LogP contribution in [-0.2, 0) is 48.5 Å². The predicted octanol–water partition coefficient (Wildman–Crippen LogP) is 8.24. The Morgan fingerprint density at radius 1 is 0.877 bits per heavy atom. The number of nitrogens with one attached hydrogen (secondary N) is 3. The number of benzene rings is 3. The fraction of sp³-hybridized carbons (Fsp3) is 0.440. The Hall–Kier alpha value is -5.89. The summed E-state index contributed by atoms with van der Waals surface area (Å²) in [5.74, 6) is 0.408. The number of unbranched alkanes of at least 4 members (excludes halogenated alkanes) is 1. The molecule has 20 nitrogen and oxygen atoms in total. The van der Waals surface area contributed by atoms with Gasteiger partial charge in [-0.3, -0.25) is 32.5 Å². The van der Waals surface area contributed by atoms with Crippen molar-refractivity contribution in [2.24, 2.45) is 0 Å². The molecule has 3 amide bonds. The van der Waals surface area contributed by atoms with Crippen molar-refractivity contribution in [1.29, 1.82) is 5.26 Å². The maximum Gasteiger partial charge on any atom is 0.475 e. The van der Waals surface area contributed by atoms with Gasteiger partial charge in [0.05, 0.1) is 51.7 Å². The summed E-state index contributed by atoms with van der Waals surface area (Å²) in [7, 11) is -1.09. The first-order chi connectivity index (χ1) is 35.6. The van der Waals surface area contributed by atoms with Crippen molar-refractivity contribution in [3.05, 3.63) is 108 Å². The van der Waals surface area contributed by atoms with Gasteiger partial charge < -0.3 is 35.3 Å². The van der Waals surface area contributed by atoms with Crippen molar-refractivity contribution >= 4 is 70.3 Å². The normalized spacial score (nSPS) is 16.8. The van der Waals surface area contributed by atoms with E-state index < -0.39 is 50.8 Å². The lowest BCUT2D eigenvalue weighted by atomic mass is 9.98. The highest BCUT2D eigenvalue weighted by molar-refractivity contribution is 8.76. The molecule has 2 aliphatic rings. The number of anilines is 1. The van der Waals surface area contributed by atoms with E-state index >= 15 is 0 Å².